The molecule has 26 heavy (non-hydrogen) atoms. The first-order valence-electron chi connectivity index (χ1n) is 7.77. The van der Waals surface area contributed by atoms with E-state index in [2.05, 4.69) is 10.1 Å². The summed E-state index contributed by atoms with van der Waals surface area (Å²) in [5, 5.41) is 16.3. The zero-order valence-electron chi connectivity index (χ0n) is 13.9. The molecule has 3 aromatic rings. The third-order valence-corrected chi connectivity index (χ3v) is 4.77. The highest BCUT2D eigenvalue weighted by Crippen LogP contribution is 2.32. The number of aromatic nitrogens is 3. The number of hydrogen-bond donors (Lipinski definition) is 1. The summed E-state index contributed by atoms with van der Waals surface area (Å²) in [6.45, 7) is 2.18. The SMILES string of the molecule is CC(O)(Cn1cncn1)c1ccc(OCc2ccc(Cl)cc2Cl)cc1Cl. The number of halogens is 3. The van der Waals surface area contributed by atoms with Gasteiger partial charge in [0, 0.05) is 21.2 Å². The van der Waals surface area contributed by atoms with Gasteiger partial charge in [-0.2, -0.15) is 5.10 Å². The third-order valence-electron chi connectivity index (χ3n) is 3.87. The quantitative estimate of drug-likeness (QED) is 0.636. The maximum Gasteiger partial charge on any atom is 0.137 e. The molecule has 0 amide bonds. The Hall–Kier alpha value is -1.79. The van der Waals surface area contributed by atoms with Crippen LogP contribution in [-0.2, 0) is 18.8 Å². The van der Waals surface area contributed by atoms with Crippen molar-refractivity contribution in [2.75, 3.05) is 0 Å². The van der Waals surface area contributed by atoms with Gasteiger partial charge in [0.15, 0.2) is 0 Å². The van der Waals surface area contributed by atoms with Crippen LogP contribution in [0.4, 0.5) is 0 Å². The Morgan fingerprint density at radius 1 is 1.12 bits per heavy atom. The topological polar surface area (TPSA) is 60.2 Å². The van der Waals surface area contributed by atoms with Gasteiger partial charge in [0.2, 0.25) is 0 Å². The highest BCUT2D eigenvalue weighted by atomic mass is 35.5. The third kappa shape index (κ3) is 4.48. The first kappa shape index (κ1) is 19.0. The van der Waals surface area contributed by atoms with Gasteiger partial charge >= 0.3 is 0 Å². The molecule has 1 aromatic heterocycles. The Labute approximate surface area is 166 Å². The molecule has 0 aliphatic heterocycles. The molecule has 0 aliphatic rings. The van der Waals surface area contributed by atoms with Gasteiger partial charge in [-0.15, -0.1) is 0 Å². The summed E-state index contributed by atoms with van der Waals surface area (Å²) in [5.74, 6) is 0.571. The fourth-order valence-corrected chi connectivity index (χ4v) is 3.37. The number of ether oxygens (including phenoxy) is 1. The molecule has 0 saturated heterocycles. The number of hydrogen-bond acceptors (Lipinski definition) is 4. The molecule has 0 radical (unpaired) electrons. The standard InChI is InChI=1S/C18H16Cl3N3O2/c1-18(25,9-24-11-22-10-23-24)15-5-4-14(7-17(15)21)26-8-12-2-3-13(19)6-16(12)20/h2-7,10-11,25H,8-9H2,1H3. The van der Waals surface area contributed by atoms with Crippen LogP contribution in [0.1, 0.15) is 18.1 Å². The van der Waals surface area contributed by atoms with E-state index in [1.165, 1.54) is 12.7 Å². The molecule has 3 rings (SSSR count). The van der Waals surface area contributed by atoms with Crippen LogP contribution in [0, 0.1) is 0 Å². The van der Waals surface area contributed by atoms with Gasteiger partial charge in [-0.1, -0.05) is 46.9 Å². The van der Waals surface area contributed by atoms with Crippen molar-refractivity contribution in [2.24, 2.45) is 0 Å². The predicted octanol–water partition coefficient (Wildman–Crippen LogP) is 4.73. The largest absolute Gasteiger partial charge is 0.489 e. The first-order chi connectivity index (χ1) is 12.3. The fourth-order valence-electron chi connectivity index (χ4n) is 2.54. The molecule has 5 nitrogen and oxygen atoms in total. The lowest BCUT2D eigenvalue weighted by Gasteiger charge is -2.25. The number of nitrogens with zero attached hydrogens (tertiary/aromatic N) is 3. The minimum Gasteiger partial charge on any atom is -0.489 e. The Balaban J connectivity index is 1.72. The molecule has 0 aliphatic carbocycles. The number of rotatable bonds is 6. The minimum absolute atomic E-state index is 0.229. The lowest BCUT2D eigenvalue weighted by molar-refractivity contribution is 0.0346. The van der Waals surface area contributed by atoms with E-state index in [9.17, 15) is 5.11 Å². The average molecular weight is 413 g/mol. The van der Waals surface area contributed by atoms with Gasteiger partial charge in [-0.25, -0.2) is 9.67 Å². The van der Waals surface area contributed by atoms with E-state index in [-0.39, 0.29) is 13.2 Å². The predicted molar refractivity (Wildman–Crippen MR) is 102 cm³/mol. The van der Waals surface area contributed by atoms with Crippen molar-refractivity contribution in [3.8, 4) is 5.75 Å². The fraction of sp³-hybridized carbons (Fsp3) is 0.222. The van der Waals surface area contributed by atoms with Gasteiger partial charge in [-0.3, -0.25) is 0 Å². The average Bonchev–Trinajstić information content (AvgIpc) is 3.06. The summed E-state index contributed by atoms with van der Waals surface area (Å²) in [7, 11) is 0. The van der Waals surface area contributed by atoms with Crippen molar-refractivity contribution in [3.05, 3.63) is 75.2 Å². The van der Waals surface area contributed by atoms with Crippen LogP contribution in [0.3, 0.4) is 0 Å². The summed E-state index contributed by atoms with van der Waals surface area (Å²) >= 11 is 18.4. The lowest BCUT2D eigenvalue weighted by Crippen LogP contribution is -2.28. The molecule has 136 valence electrons. The number of benzene rings is 2. The van der Waals surface area contributed by atoms with Crippen LogP contribution < -0.4 is 4.74 Å². The van der Waals surface area contributed by atoms with Crippen LogP contribution in [0.2, 0.25) is 15.1 Å². The zero-order chi connectivity index (χ0) is 18.7. The highest BCUT2D eigenvalue weighted by molar-refractivity contribution is 6.35. The van der Waals surface area contributed by atoms with E-state index >= 15 is 0 Å². The molecular weight excluding hydrogens is 397 g/mol. The van der Waals surface area contributed by atoms with Gasteiger partial charge in [0.1, 0.15) is 30.6 Å². The van der Waals surface area contributed by atoms with E-state index in [0.717, 1.165) is 5.56 Å². The molecule has 1 unspecified atom stereocenters. The van der Waals surface area contributed by atoms with Gasteiger partial charge in [-0.05, 0) is 31.2 Å². The second-order valence-electron chi connectivity index (χ2n) is 6.03. The van der Waals surface area contributed by atoms with Crippen molar-refractivity contribution >= 4 is 34.8 Å². The van der Waals surface area contributed by atoms with E-state index in [1.807, 2.05) is 6.07 Å². The van der Waals surface area contributed by atoms with Crippen LogP contribution in [0.15, 0.2) is 49.1 Å². The van der Waals surface area contributed by atoms with E-state index in [4.69, 9.17) is 39.5 Å². The van der Waals surface area contributed by atoms with Gasteiger partial charge < -0.3 is 9.84 Å². The second kappa shape index (κ2) is 7.84. The highest BCUT2D eigenvalue weighted by Gasteiger charge is 2.27. The van der Waals surface area contributed by atoms with E-state index < -0.39 is 5.60 Å². The van der Waals surface area contributed by atoms with Crippen molar-refractivity contribution in [1.29, 1.82) is 0 Å². The molecule has 0 spiro atoms. The lowest BCUT2D eigenvalue weighted by atomic mass is 9.96. The summed E-state index contributed by atoms with van der Waals surface area (Å²) < 4.78 is 7.29. The summed E-state index contributed by atoms with van der Waals surface area (Å²) in [5.41, 5.74) is 0.184. The summed E-state index contributed by atoms with van der Waals surface area (Å²) in [4.78, 5) is 3.87. The molecule has 1 N–H and O–H groups in total. The summed E-state index contributed by atoms with van der Waals surface area (Å²) in [6, 6.07) is 10.4. The maximum absolute atomic E-state index is 10.8. The monoisotopic (exact) mass is 411 g/mol. The van der Waals surface area contributed by atoms with E-state index in [1.54, 1.807) is 41.9 Å². The molecular formula is C18H16Cl3N3O2. The Morgan fingerprint density at radius 3 is 2.58 bits per heavy atom. The molecule has 0 fully saturated rings. The van der Waals surface area contributed by atoms with E-state index in [0.29, 0.717) is 26.4 Å². The summed E-state index contributed by atoms with van der Waals surface area (Å²) in [6.07, 6.45) is 2.95. The zero-order valence-corrected chi connectivity index (χ0v) is 16.1. The Kier molecular flexibility index (Phi) is 5.73. The molecule has 0 bridgehead atoms. The van der Waals surface area contributed by atoms with Crippen molar-refractivity contribution in [1.82, 2.24) is 14.8 Å². The number of aliphatic hydroxyl groups is 1. The van der Waals surface area contributed by atoms with Crippen molar-refractivity contribution < 1.29 is 9.84 Å². The maximum atomic E-state index is 10.8. The van der Waals surface area contributed by atoms with Crippen LogP contribution in [0.5, 0.6) is 5.75 Å². The van der Waals surface area contributed by atoms with Crippen LogP contribution in [-0.4, -0.2) is 19.9 Å². The first-order valence-corrected chi connectivity index (χ1v) is 8.90. The molecule has 2 aromatic carbocycles. The van der Waals surface area contributed by atoms with Gasteiger partial charge in [0.25, 0.3) is 0 Å². The Bertz CT molecular complexity index is 899. The minimum atomic E-state index is -1.21. The van der Waals surface area contributed by atoms with Crippen LogP contribution >= 0.6 is 34.8 Å². The van der Waals surface area contributed by atoms with Gasteiger partial charge in [0.05, 0.1) is 11.6 Å². The van der Waals surface area contributed by atoms with Crippen molar-refractivity contribution in [3.63, 3.8) is 0 Å². The molecule has 8 heteroatoms. The molecule has 1 heterocycles. The van der Waals surface area contributed by atoms with Crippen LogP contribution in [0.25, 0.3) is 0 Å². The second-order valence-corrected chi connectivity index (χ2v) is 7.28. The molecule has 0 saturated carbocycles. The smallest absolute Gasteiger partial charge is 0.137 e. The molecule has 1 atom stereocenters. The normalized spacial score (nSPS) is 13.4. The Morgan fingerprint density at radius 2 is 1.92 bits per heavy atom. The van der Waals surface area contributed by atoms with Crippen molar-refractivity contribution in [2.45, 2.75) is 25.7 Å².